The van der Waals surface area contributed by atoms with Gasteiger partial charge in [-0.2, -0.15) is 0 Å². The Labute approximate surface area is 259 Å². The fraction of sp³-hybridized carbons (Fsp3) is 0.559. The molecule has 8 nitrogen and oxygen atoms in total. The number of aliphatic hydroxyl groups is 1. The van der Waals surface area contributed by atoms with Crippen LogP contribution in [0.25, 0.3) is 0 Å². The SMILES string of the molecule is CC[C@@H](C)[C@@]1(NC(C)=O)CCN([C@@H](CCc2ccccc2)C(=O)N[C@@H](Cc2cc(F)cc(F)c2)[C@@H](O)[C@H]2CCCCN2)C1=O. The molecule has 0 aliphatic carbocycles. The van der Waals surface area contributed by atoms with Crippen LogP contribution in [-0.2, 0) is 27.2 Å². The summed E-state index contributed by atoms with van der Waals surface area (Å²) in [6.07, 6.45) is 3.41. The fourth-order valence-electron chi connectivity index (χ4n) is 6.76. The predicted octanol–water partition coefficient (Wildman–Crippen LogP) is 3.65. The maximum absolute atomic E-state index is 14.2. The minimum absolute atomic E-state index is 0.00180. The number of hydrogen-bond donors (Lipinski definition) is 4. The standard InChI is InChI=1S/C34H46F2N4O4/c1-4-22(2)34(39-23(3)41)15-17-40(33(34)44)30(14-13-24-10-6-5-7-11-24)32(43)38-29(31(42)28-12-8-9-16-37-28)20-25-18-26(35)21-27(36)19-25/h5-7,10-11,18-19,21-22,28-31,37,42H,4,8-9,12-17,20H2,1-3H3,(H,38,43)(H,39,41)/t22-,28-,29+,30+,31+,34+/m1/s1. The number of aryl methyl sites for hydroxylation is 1. The molecule has 0 spiro atoms. The van der Waals surface area contributed by atoms with E-state index in [2.05, 4.69) is 16.0 Å². The van der Waals surface area contributed by atoms with Crippen molar-refractivity contribution in [3.63, 3.8) is 0 Å². The number of halogens is 2. The second kappa shape index (κ2) is 15.1. The lowest BCUT2D eigenvalue weighted by Gasteiger charge is -2.37. The quantitative estimate of drug-likeness (QED) is 0.276. The number of hydrogen-bond acceptors (Lipinski definition) is 5. The molecule has 0 aromatic heterocycles. The number of carbonyl (C=O) groups excluding carboxylic acids is 3. The number of carbonyl (C=O) groups is 3. The third-order valence-corrected chi connectivity index (χ3v) is 9.35. The topological polar surface area (TPSA) is 111 Å². The van der Waals surface area contributed by atoms with Crippen LogP contribution in [0.3, 0.4) is 0 Å². The first-order valence-electron chi connectivity index (χ1n) is 15.8. The summed E-state index contributed by atoms with van der Waals surface area (Å²) in [6, 6.07) is 10.8. The maximum Gasteiger partial charge on any atom is 0.249 e. The summed E-state index contributed by atoms with van der Waals surface area (Å²) >= 11 is 0. The molecule has 2 aliphatic heterocycles. The van der Waals surface area contributed by atoms with Crippen molar-refractivity contribution in [1.29, 1.82) is 0 Å². The van der Waals surface area contributed by atoms with E-state index in [1.807, 2.05) is 44.2 Å². The molecule has 4 rings (SSSR count). The van der Waals surface area contributed by atoms with Crippen LogP contribution >= 0.6 is 0 Å². The van der Waals surface area contributed by atoms with Crippen LogP contribution in [0.1, 0.15) is 70.4 Å². The summed E-state index contributed by atoms with van der Waals surface area (Å²) in [5, 5.41) is 20.7. The largest absolute Gasteiger partial charge is 0.389 e. The minimum Gasteiger partial charge on any atom is -0.389 e. The first kappa shape index (κ1) is 33.5. The average molecular weight is 613 g/mol. The number of piperidine rings is 1. The molecule has 10 heteroatoms. The lowest BCUT2D eigenvalue weighted by atomic mass is 9.81. The molecule has 240 valence electrons. The highest BCUT2D eigenvalue weighted by molar-refractivity contribution is 5.96. The normalized spacial score (nSPS) is 23.1. The van der Waals surface area contributed by atoms with Gasteiger partial charge in [0, 0.05) is 25.6 Å². The Balaban J connectivity index is 1.64. The van der Waals surface area contributed by atoms with Crippen LogP contribution in [0.5, 0.6) is 0 Å². The Bertz CT molecular complexity index is 1270. The summed E-state index contributed by atoms with van der Waals surface area (Å²) < 4.78 is 28.2. The Hall–Kier alpha value is -3.37. The van der Waals surface area contributed by atoms with Gasteiger partial charge in [0.05, 0.1) is 12.1 Å². The maximum atomic E-state index is 14.2. The van der Waals surface area contributed by atoms with E-state index in [0.29, 0.717) is 37.7 Å². The molecule has 2 aromatic rings. The lowest BCUT2D eigenvalue weighted by molar-refractivity contribution is -0.144. The monoisotopic (exact) mass is 612 g/mol. The first-order valence-corrected chi connectivity index (χ1v) is 15.8. The average Bonchev–Trinajstić information content (AvgIpc) is 3.32. The molecular weight excluding hydrogens is 566 g/mol. The summed E-state index contributed by atoms with van der Waals surface area (Å²) in [4.78, 5) is 42.2. The number of likely N-dealkylation sites (tertiary alicyclic amines) is 1. The summed E-state index contributed by atoms with van der Waals surface area (Å²) in [7, 11) is 0. The van der Waals surface area contributed by atoms with Crippen molar-refractivity contribution in [3.05, 3.63) is 71.3 Å². The fourth-order valence-corrected chi connectivity index (χ4v) is 6.76. The Kier molecular flexibility index (Phi) is 11.5. The van der Waals surface area contributed by atoms with Crippen molar-refractivity contribution in [1.82, 2.24) is 20.9 Å². The van der Waals surface area contributed by atoms with Gasteiger partial charge in [0.25, 0.3) is 0 Å². The van der Waals surface area contributed by atoms with Crippen LogP contribution in [0.15, 0.2) is 48.5 Å². The number of nitrogens with zero attached hydrogens (tertiary/aromatic N) is 1. The molecule has 2 saturated heterocycles. The Morgan fingerprint density at radius 2 is 1.82 bits per heavy atom. The van der Waals surface area contributed by atoms with Gasteiger partial charge in [0.1, 0.15) is 23.2 Å². The van der Waals surface area contributed by atoms with Crippen molar-refractivity contribution >= 4 is 17.7 Å². The second-order valence-electron chi connectivity index (χ2n) is 12.4. The molecule has 2 heterocycles. The zero-order valence-corrected chi connectivity index (χ0v) is 26.0. The lowest BCUT2D eigenvalue weighted by Crippen LogP contribution is -2.61. The van der Waals surface area contributed by atoms with Crippen LogP contribution in [0.4, 0.5) is 8.78 Å². The smallest absolute Gasteiger partial charge is 0.249 e. The van der Waals surface area contributed by atoms with E-state index in [-0.39, 0.29) is 36.7 Å². The highest BCUT2D eigenvalue weighted by Crippen LogP contribution is 2.34. The molecule has 2 aliphatic rings. The van der Waals surface area contributed by atoms with Crippen molar-refractivity contribution in [2.45, 2.75) is 102 Å². The van der Waals surface area contributed by atoms with Gasteiger partial charge >= 0.3 is 0 Å². The van der Waals surface area contributed by atoms with E-state index in [1.54, 1.807) is 4.90 Å². The summed E-state index contributed by atoms with van der Waals surface area (Å²) in [5.41, 5.74) is 0.197. The number of nitrogens with one attached hydrogen (secondary N) is 3. The number of rotatable bonds is 13. The van der Waals surface area contributed by atoms with Gasteiger partial charge in [-0.3, -0.25) is 14.4 Å². The van der Waals surface area contributed by atoms with Gasteiger partial charge in [0.15, 0.2) is 0 Å². The van der Waals surface area contributed by atoms with E-state index in [0.717, 1.165) is 31.0 Å². The van der Waals surface area contributed by atoms with E-state index < -0.39 is 41.3 Å². The minimum atomic E-state index is -1.12. The van der Waals surface area contributed by atoms with Gasteiger partial charge in [-0.25, -0.2) is 8.78 Å². The zero-order valence-electron chi connectivity index (χ0n) is 26.0. The van der Waals surface area contributed by atoms with Crippen molar-refractivity contribution in [2.75, 3.05) is 13.1 Å². The summed E-state index contributed by atoms with van der Waals surface area (Å²) in [5.74, 6) is -2.69. The van der Waals surface area contributed by atoms with Crippen molar-refractivity contribution < 1.29 is 28.3 Å². The van der Waals surface area contributed by atoms with Gasteiger partial charge in [-0.05, 0) is 74.2 Å². The number of benzene rings is 2. The van der Waals surface area contributed by atoms with Crippen LogP contribution < -0.4 is 16.0 Å². The third kappa shape index (κ3) is 8.01. The van der Waals surface area contributed by atoms with E-state index in [9.17, 15) is 28.3 Å². The van der Waals surface area contributed by atoms with Crippen LogP contribution in [0.2, 0.25) is 0 Å². The van der Waals surface area contributed by atoms with Crippen molar-refractivity contribution in [3.8, 4) is 0 Å². The zero-order chi connectivity index (χ0) is 31.9. The molecule has 6 atom stereocenters. The van der Waals surface area contributed by atoms with Crippen LogP contribution in [-0.4, -0.2) is 70.6 Å². The van der Waals surface area contributed by atoms with Gasteiger partial charge in [0.2, 0.25) is 17.7 Å². The number of aliphatic hydroxyl groups excluding tert-OH is 1. The van der Waals surface area contributed by atoms with Crippen LogP contribution in [0, 0.1) is 17.6 Å². The van der Waals surface area contributed by atoms with Gasteiger partial charge < -0.3 is 26.0 Å². The molecule has 0 radical (unpaired) electrons. The molecule has 0 unspecified atom stereocenters. The van der Waals surface area contributed by atoms with Gasteiger partial charge in [-0.15, -0.1) is 0 Å². The Morgan fingerprint density at radius 1 is 1.11 bits per heavy atom. The molecular formula is C34H46F2N4O4. The van der Waals surface area contributed by atoms with E-state index in [1.165, 1.54) is 19.1 Å². The predicted molar refractivity (Wildman–Crippen MR) is 165 cm³/mol. The number of amides is 3. The first-order chi connectivity index (χ1) is 21.0. The third-order valence-electron chi connectivity index (χ3n) is 9.35. The highest BCUT2D eigenvalue weighted by atomic mass is 19.1. The molecule has 3 amide bonds. The molecule has 44 heavy (non-hydrogen) atoms. The Morgan fingerprint density at radius 3 is 2.43 bits per heavy atom. The van der Waals surface area contributed by atoms with E-state index >= 15 is 0 Å². The van der Waals surface area contributed by atoms with Gasteiger partial charge in [-0.1, -0.05) is 57.0 Å². The van der Waals surface area contributed by atoms with Crippen molar-refractivity contribution in [2.24, 2.45) is 5.92 Å². The molecule has 2 aromatic carbocycles. The molecule has 2 fully saturated rings. The molecule has 4 N–H and O–H groups in total. The molecule has 0 saturated carbocycles. The second-order valence-corrected chi connectivity index (χ2v) is 12.4. The highest BCUT2D eigenvalue weighted by Gasteiger charge is 2.53. The molecule has 0 bridgehead atoms. The summed E-state index contributed by atoms with van der Waals surface area (Å²) in [6.45, 7) is 6.28. The van der Waals surface area contributed by atoms with E-state index in [4.69, 9.17) is 0 Å².